The molecule has 7 nitrogen and oxygen atoms in total. The zero-order chi connectivity index (χ0) is 25.2. The lowest BCUT2D eigenvalue weighted by molar-refractivity contribution is 0.0600. The monoisotopic (exact) mass is 498 g/mol. The highest BCUT2D eigenvalue weighted by atomic mass is 32.1. The molecule has 0 bridgehead atoms. The molecule has 1 aliphatic heterocycles. The predicted octanol–water partition coefficient (Wildman–Crippen LogP) is 5.37. The Morgan fingerprint density at radius 3 is 2.42 bits per heavy atom. The van der Waals surface area contributed by atoms with Crippen molar-refractivity contribution >= 4 is 34.7 Å². The van der Waals surface area contributed by atoms with E-state index in [1.165, 1.54) is 7.11 Å². The van der Waals surface area contributed by atoms with Gasteiger partial charge in [-0.25, -0.2) is 4.79 Å². The molecule has 1 aliphatic rings. The smallest absolute Gasteiger partial charge is 0.337 e. The lowest BCUT2D eigenvalue weighted by Gasteiger charge is -2.26. The summed E-state index contributed by atoms with van der Waals surface area (Å²) in [6.07, 6.45) is 1.78. The van der Waals surface area contributed by atoms with Gasteiger partial charge in [0.1, 0.15) is 17.6 Å². The molecule has 0 aliphatic carbocycles. The molecule has 36 heavy (non-hydrogen) atoms. The average Bonchev–Trinajstić information content (AvgIpc) is 3.53. The Hall–Kier alpha value is -4.17. The molecule has 3 heterocycles. The van der Waals surface area contributed by atoms with Crippen molar-refractivity contribution in [2.24, 2.45) is 0 Å². The quantitative estimate of drug-likeness (QED) is 0.281. The first kappa shape index (κ1) is 23.6. The fourth-order valence-corrected chi connectivity index (χ4v) is 4.73. The molecule has 1 fully saturated rings. The number of nitrogens with zero attached hydrogens (tertiary/aromatic N) is 3. The Morgan fingerprint density at radius 1 is 1.03 bits per heavy atom. The maximum Gasteiger partial charge on any atom is 0.337 e. The Labute approximate surface area is 215 Å². The van der Waals surface area contributed by atoms with E-state index in [9.17, 15) is 4.79 Å². The van der Waals surface area contributed by atoms with Crippen LogP contribution in [-0.4, -0.2) is 37.3 Å². The normalized spacial score (nSPS) is 17.1. The summed E-state index contributed by atoms with van der Waals surface area (Å²) in [4.78, 5) is 20.5. The van der Waals surface area contributed by atoms with E-state index in [0.717, 1.165) is 28.4 Å². The van der Waals surface area contributed by atoms with Crippen molar-refractivity contribution in [3.63, 3.8) is 0 Å². The minimum absolute atomic E-state index is 0.201. The summed E-state index contributed by atoms with van der Waals surface area (Å²) < 4.78 is 11.2. The number of anilines is 2. The number of ether oxygens (including phenoxy) is 1. The van der Waals surface area contributed by atoms with E-state index >= 15 is 0 Å². The standard InChI is InChI=1S/C28H26N4O3S/c1-31(2)20-11-13-21(14-12-20)32-26(25(30-28(32)36)22-6-4-5-17-29-22)24-16-15-23(35-24)18-7-9-19(10-8-18)27(33)34-3/h4-17,25-26H,1-3H3,(H,30,36)/t25-,26-/m1/s1. The van der Waals surface area contributed by atoms with Gasteiger partial charge in [-0.2, -0.15) is 0 Å². The lowest BCUT2D eigenvalue weighted by atomic mass is 10.0. The molecule has 0 amide bonds. The van der Waals surface area contributed by atoms with E-state index in [2.05, 4.69) is 44.4 Å². The summed E-state index contributed by atoms with van der Waals surface area (Å²) in [6, 6.07) is 24.7. The van der Waals surface area contributed by atoms with Crippen LogP contribution in [0.2, 0.25) is 0 Å². The Morgan fingerprint density at radius 2 is 1.78 bits per heavy atom. The molecule has 0 unspecified atom stereocenters. The fraction of sp³-hybridized carbons (Fsp3) is 0.179. The summed E-state index contributed by atoms with van der Waals surface area (Å²) in [5.41, 5.74) is 4.28. The highest BCUT2D eigenvalue weighted by Gasteiger charge is 2.42. The zero-order valence-corrected chi connectivity index (χ0v) is 21.0. The number of aromatic nitrogens is 1. The van der Waals surface area contributed by atoms with Crippen LogP contribution >= 0.6 is 12.2 Å². The van der Waals surface area contributed by atoms with Crippen LogP contribution < -0.4 is 15.1 Å². The number of thiocarbonyl (C=S) groups is 1. The summed E-state index contributed by atoms with van der Waals surface area (Å²) in [5.74, 6) is 1.07. The van der Waals surface area contributed by atoms with Gasteiger partial charge in [-0.3, -0.25) is 4.98 Å². The van der Waals surface area contributed by atoms with Crippen LogP contribution in [0.1, 0.15) is 33.9 Å². The number of methoxy groups -OCH3 is 1. The average molecular weight is 499 g/mol. The van der Waals surface area contributed by atoms with Crippen molar-refractivity contribution in [1.29, 1.82) is 0 Å². The van der Waals surface area contributed by atoms with E-state index in [1.807, 2.05) is 56.6 Å². The summed E-state index contributed by atoms with van der Waals surface area (Å²) >= 11 is 5.80. The van der Waals surface area contributed by atoms with Crippen LogP contribution in [0.5, 0.6) is 0 Å². The molecule has 1 N–H and O–H groups in total. The second-order valence-corrected chi connectivity index (χ2v) is 9.07. The fourth-order valence-electron chi connectivity index (χ4n) is 4.39. The van der Waals surface area contributed by atoms with Gasteiger partial charge in [-0.1, -0.05) is 18.2 Å². The van der Waals surface area contributed by atoms with E-state index in [-0.39, 0.29) is 18.1 Å². The maximum atomic E-state index is 11.8. The first-order valence-corrected chi connectivity index (χ1v) is 11.9. The largest absolute Gasteiger partial charge is 0.465 e. The molecule has 5 rings (SSSR count). The van der Waals surface area contributed by atoms with E-state index in [1.54, 1.807) is 18.3 Å². The van der Waals surface area contributed by atoms with Crippen molar-refractivity contribution in [2.45, 2.75) is 12.1 Å². The van der Waals surface area contributed by atoms with Crippen molar-refractivity contribution < 1.29 is 13.9 Å². The van der Waals surface area contributed by atoms with Crippen molar-refractivity contribution in [1.82, 2.24) is 10.3 Å². The second-order valence-electron chi connectivity index (χ2n) is 8.68. The third-order valence-corrected chi connectivity index (χ3v) is 6.57. The number of nitrogens with one attached hydrogen (secondary N) is 1. The van der Waals surface area contributed by atoms with Crippen LogP contribution in [0.25, 0.3) is 11.3 Å². The van der Waals surface area contributed by atoms with Crippen molar-refractivity contribution in [2.75, 3.05) is 31.0 Å². The van der Waals surface area contributed by atoms with Gasteiger partial charge >= 0.3 is 5.97 Å². The predicted molar refractivity (Wildman–Crippen MR) is 144 cm³/mol. The molecule has 2 atom stereocenters. The molecular formula is C28H26N4O3S. The van der Waals surface area contributed by atoms with Gasteiger partial charge in [-0.05, 0) is 72.9 Å². The van der Waals surface area contributed by atoms with Gasteiger partial charge in [-0.15, -0.1) is 0 Å². The van der Waals surface area contributed by atoms with Gasteiger partial charge in [0.25, 0.3) is 0 Å². The summed E-state index contributed by atoms with van der Waals surface area (Å²) in [6.45, 7) is 0. The highest BCUT2D eigenvalue weighted by Crippen LogP contribution is 2.43. The molecule has 8 heteroatoms. The number of furan rings is 1. The number of carbonyl (C=O) groups is 1. The van der Waals surface area contributed by atoms with Crippen molar-refractivity contribution in [3.05, 3.63) is 102 Å². The number of benzene rings is 2. The molecule has 0 spiro atoms. The highest BCUT2D eigenvalue weighted by molar-refractivity contribution is 7.80. The number of hydrogen-bond donors (Lipinski definition) is 1. The third kappa shape index (κ3) is 4.43. The van der Waals surface area contributed by atoms with E-state index in [0.29, 0.717) is 16.4 Å². The van der Waals surface area contributed by atoms with E-state index < -0.39 is 0 Å². The molecule has 0 radical (unpaired) electrons. The third-order valence-electron chi connectivity index (χ3n) is 6.25. The Balaban J connectivity index is 1.53. The first-order valence-electron chi connectivity index (χ1n) is 11.5. The lowest BCUT2D eigenvalue weighted by Crippen LogP contribution is -2.29. The Bertz CT molecular complexity index is 1370. The van der Waals surface area contributed by atoms with Gasteiger partial charge in [0.2, 0.25) is 0 Å². The minimum Gasteiger partial charge on any atom is -0.465 e. The van der Waals surface area contributed by atoms with Gasteiger partial charge in [0, 0.05) is 37.2 Å². The number of esters is 1. The molecular weight excluding hydrogens is 472 g/mol. The van der Waals surface area contributed by atoms with Gasteiger partial charge in [0.05, 0.1) is 24.4 Å². The molecule has 2 aromatic heterocycles. The van der Waals surface area contributed by atoms with Crippen molar-refractivity contribution in [3.8, 4) is 11.3 Å². The molecule has 182 valence electrons. The van der Waals surface area contributed by atoms with Crippen LogP contribution in [0.15, 0.2) is 89.5 Å². The first-order chi connectivity index (χ1) is 17.5. The molecule has 2 aromatic carbocycles. The van der Waals surface area contributed by atoms with Gasteiger partial charge < -0.3 is 24.3 Å². The Kier molecular flexibility index (Phi) is 6.43. The van der Waals surface area contributed by atoms with E-state index in [4.69, 9.17) is 21.4 Å². The molecule has 0 saturated carbocycles. The van der Waals surface area contributed by atoms with Crippen LogP contribution in [-0.2, 0) is 4.74 Å². The number of hydrogen-bond acceptors (Lipinski definition) is 6. The van der Waals surface area contributed by atoms with Crippen LogP contribution in [0.3, 0.4) is 0 Å². The zero-order valence-electron chi connectivity index (χ0n) is 20.2. The second kappa shape index (κ2) is 9.83. The molecule has 4 aromatic rings. The van der Waals surface area contributed by atoms with Gasteiger partial charge in [0.15, 0.2) is 5.11 Å². The molecule has 1 saturated heterocycles. The summed E-state index contributed by atoms with van der Waals surface area (Å²) in [5, 5.41) is 4.06. The topological polar surface area (TPSA) is 70.8 Å². The minimum atomic E-state index is -0.374. The van der Waals surface area contributed by atoms with Crippen LogP contribution in [0, 0.1) is 0 Å². The summed E-state index contributed by atoms with van der Waals surface area (Å²) in [7, 11) is 5.39. The SMILES string of the molecule is COC(=O)c1ccc(-c2ccc([C@@H]3[C@@H](c4ccccn4)NC(=S)N3c3ccc(N(C)C)cc3)o2)cc1. The number of carbonyl (C=O) groups excluding carboxylic acids is 1. The number of rotatable bonds is 6. The number of pyridine rings is 1. The van der Waals surface area contributed by atoms with Crippen LogP contribution in [0.4, 0.5) is 11.4 Å². The maximum absolute atomic E-state index is 11.8.